The number of aliphatic hydroxyl groups is 1. The molecule has 0 amide bonds. The second-order valence-corrected chi connectivity index (χ2v) is 7.19. The Labute approximate surface area is 184 Å². The topological polar surface area (TPSA) is 162 Å². The van der Waals surface area contributed by atoms with E-state index in [1.165, 1.54) is 7.11 Å². The fourth-order valence-electron chi connectivity index (χ4n) is 2.64. The van der Waals surface area contributed by atoms with E-state index >= 15 is 0 Å². The number of esters is 3. The summed E-state index contributed by atoms with van der Waals surface area (Å²) in [4.78, 5) is 44.7. The highest BCUT2D eigenvalue weighted by atomic mass is 16.5. The summed E-state index contributed by atoms with van der Waals surface area (Å²) >= 11 is 0. The minimum Gasteiger partial charge on any atom is -0.481 e. The average molecular weight is 450 g/mol. The van der Waals surface area contributed by atoms with Crippen molar-refractivity contribution in [3.63, 3.8) is 0 Å². The Bertz CT molecular complexity index is 539. The molecule has 0 saturated heterocycles. The molecule has 10 nitrogen and oxygen atoms in total. The van der Waals surface area contributed by atoms with Crippen molar-refractivity contribution in [2.45, 2.75) is 53.4 Å². The lowest BCUT2D eigenvalue weighted by molar-refractivity contribution is -0.153. The molecule has 10 heteroatoms. The standard InChI is InChI=1S/C12H23NO5.C9H16O4/c1-3-10(12(16)18-7-5-14)8-9(2)11(15)17-6-4-13;1-4-7(9(12)13-3)5-6(2)8(10)11/h9-10,14H,3-8,13H2,1-2H3;6-7H,4-5H2,1-3H3,(H,10,11). The van der Waals surface area contributed by atoms with Crippen molar-refractivity contribution in [2.24, 2.45) is 29.4 Å². The van der Waals surface area contributed by atoms with Gasteiger partial charge in [0.05, 0.1) is 37.4 Å². The molecule has 4 atom stereocenters. The molecule has 0 aliphatic heterocycles. The minimum absolute atomic E-state index is 0.0126. The monoisotopic (exact) mass is 449 g/mol. The van der Waals surface area contributed by atoms with E-state index in [1.807, 2.05) is 13.8 Å². The van der Waals surface area contributed by atoms with E-state index in [-0.39, 0.29) is 62.0 Å². The SMILES string of the molecule is CCC(CC(C)C(=O)O)C(=O)OC.CCC(CC(C)C(=O)OCCN)C(=O)OCCO. The number of aliphatic carboxylic acids is 1. The zero-order valence-electron chi connectivity index (χ0n) is 19.3. The molecule has 0 heterocycles. The first-order valence-electron chi connectivity index (χ1n) is 10.5. The zero-order valence-corrected chi connectivity index (χ0v) is 19.3. The van der Waals surface area contributed by atoms with E-state index in [0.29, 0.717) is 25.7 Å². The molecule has 0 radical (unpaired) electrons. The number of carbonyl (C=O) groups is 4. The highest BCUT2D eigenvalue weighted by Gasteiger charge is 2.25. The number of rotatable bonds is 14. The molecule has 4 N–H and O–H groups in total. The zero-order chi connectivity index (χ0) is 24.4. The van der Waals surface area contributed by atoms with Crippen LogP contribution in [0.1, 0.15) is 53.4 Å². The summed E-state index contributed by atoms with van der Waals surface area (Å²) in [6.07, 6.45) is 1.92. The lowest BCUT2D eigenvalue weighted by atomic mass is 9.94. The van der Waals surface area contributed by atoms with Crippen LogP contribution in [0.15, 0.2) is 0 Å². The molecule has 0 aliphatic carbocycles. The number of carbonyl (C=O) groups excluding carboxylic acids is 3. The molecule has 4 unspecified atom stereocenters. The maximum atomic E-state index is 11.6. The van der Waals surface area contributed by atoms with Gasteiger partial charge in [-0.25, -0.2) is 0 Å². The summed E-state index contributed by atoms with van der Waals surface area (Å²) < 4.78 is 14.3. The third kappa shape index (κ3) is 14.4. The van der Waals surface area contributed by atoms with Crippen molar-refractivity contribution >= 4 is 23.9 Å². The van der Waals surface area contributed by atoms with Gasteiger partial charge in [0.1, 0.15) is 13.2 Å². The lowest BCUT2D eigenvalue weighted by Gasteiger charge is -2.17. The van der Waals surface area contributed by atoms with Gasteiger partial charge in [-0.15, -0.1) is 0 Å². The smallest absolute Gasteiger partial charge is 0.309 e. The van der Waals surface area contributed by atoms with Gasteiger partial charge in [-0.3, -0.25) is 19.2 Å². The van der Waals surface area contributed by atoms with Crippen LogP contribution in [0.4, 0.5) is 0 Å². The van der Waals surface area contributed by atoms with Crippen molar-refractivity contribution in [1.82, 2.24) is 0 Å². The Morgan fingerprint density at radius 1 is 0.839 bits per heavy atom. The molecule has 182 valence electrons. The van der Waals surface area contributed by atoms with E-state index in [4.69, 9.17) is 25.4 Å². The first-order valence-corrected chi connectivity index (χ1v) is 10.5. The fourth-order valence-corrected chi connectivity index (χ4v) is 2.64. The van der Waals surface area contributed by atoms with Crippen LogP contribution in [0.2, 0.25) is 0 Å². The van der Waals surface area contributed by atoms with E-state index < -0.39 is 11.9 Å². The van der Waals surface area contributed by atoms with E-state index in [1.54, 1.807) is 13.8 Å². The first kappa shape index (κ1) is 31.0. The van der Waals surface area contributed by atoms with Gasteiger partial charge in [-0.05, 0) is 25.7 Å². The van der Waals surface area contributed by atoms with Crippen LogP contribution in [0.25, 0.3) is 0 Å². The van der Waals surface area contributed by atoms with Crippen molar-refractivity contribution in [2.75, 3.05) is 33.5 Å². The van der Waals surface area contributed by atoms with Crippen LogP contribution in [0.5, 0.6) is 0 Å². The summed E-state index contributed by atoms with van der Waals surface area (Å²) in [5.74, 6) is -3.45. The van der Waals surface area contributed by atoms with Crippen molar-refractivity contribution in [1.29, 1.82) is 0 Å². The molecule has 0 aromatic carbocycles. The van der Waals surface area contributed by atoms with Crippen LogP contribution in [0.3, 0.4) is 0 Å². The third-order valence-corrected chi connectivity index (χ3v) is 4.65. The quantitative estimate of drug-likeness (QED) is 0.261. The number of carboxylic acids is 1. The second-order valence-electron chi connectivity index (χ2n) is 7.19. The van der Waals surface area contributed by atoms with Crippen LogP contribution in [-0.2, 0) is 33.4 Å². The normalized spacial score (nSPS) is 14.2. The van der Waals surface area contributed by atoms with Gasteiger partial charge in [0.25, 0.3) is 0 Å². The summed E-state index contributed by atoms with van der Waals surface area (Å²) in [7, 11) is 1.32. The Balaban J connectivity index is 0. The number of ether oxygens (including phenoxy) is 3. The first-order chi connectivity index (χ1) is 14.6. The fraction of sp³-hybridized carbons (Fsp3) is 0.810. The van der Waals surface area contributed by atoms with Gasteiger partial charge in [0.2, 0.25) is 0 Å². The largest absolute Gasteiger partial charge is 0.481 e. The molecular weight excluding hydrogens is 410 g/mol. The van der Waals surface area contributed by atoms with Gasteiger partial charge < -0.3 is 30.2 Å². The third-order valence-electron chi connectivity index (χ3n) is 4.65. The summed E-state index contributed by atoms with van der Waals surface area (Å²) in [5, 5.41) is 17.2. The molecule has 0 fully saturated rings. The predicted octanol–water partition coefficient (Wildman–Crippen LogP) is 1.37. The minimum atomic E-state index is -0.873. The molecular formula is C21H39NO9. The van der Waals surface area contributed by atoms with Crippen molar-refractivity contribution < 1.29 is 43.6 Å². The Hall–Kier alpha value is -2.20. The van der Waals surface area contributed by atoms with Crippen molar-refractivity contribution in [3.05, 3.63) is 0 Å². The molecule has 0 aromatic rings. The lowest BCUT2D eigenvalue weighted by Crippen LogP contribution is -2.25. The molecule has 31 heavy (non-hydrogen) atoms. The molecule has 0 spiro atoms. The molecule has 0 aromatic heterocycles. The average Bonchev–Trinajstić information content (AvgIpc) is 2.76. The number of hydrogen-bond donors (Lipinski definition) is 3. The molecule has 0 rings (SSSR count). The van der Waals surface area contributed by atoms with Gasteiger partial charge in [-0.1, -0.05) is 27.7 Å². The van der Waals surface area contributed by atoms with Crippen LogP contribution >= 0.6 is 0 Å². The number of carboxylic acid groups (broad SMARTS) is 1. The van der Waals surface area contributed by atoms with E-state index in [0.717, 1.165) is 0 Å². The van der Waals surface area contributed by atoms with Crippen LogP contribution in [0, 0.1) is 23.7 Å². The Kier molecular flexibility index (Phi) is 18.6. The summed E-state index contributed by atoms with van der Waals surface area (Å²) in [5.41, 5.74) is 5.23. The number of methoxy groups -OCH3 is 1. The van der Waals surface area contributed by atoms with E-state index in [2.05, 4.69) is 4.74 Å². The van der Waals surface area contributed by atoms with Crippen LogP contribution < -0.4 is 5.73 Å². The molecule has 0 bridgehead atoms. The maximum absolute atomic E-state index is 11.6. The highest BCUT2D eigenvalue weighted by Crippen LogP contribution is 2.18. The van der Waals surface area contributed by atoms with Gasteiger partial charge in [-0.2, -0.15) is 0 Å². The van der Waals surface area contributed by atoms with Crippen LogP contribution in [-0.4, -0.2) is 67.6 Å². The number of aliphatic hydroxyl groups excluding tert-OH is 1. The van der Waals surface area contributed by atoms with Gasteiger partial charge in [0, 0.05) is 6.54 Å². The Morgan fingerprint density at radius 3 is 1.74 bits per heavy atom. The number of nitrogens with two attached hydrogens (primary N) is 1. The van der Waals surface area contributed by atoms with Gasteiger partial charge >= 0.3 is 23.9 Å². The second kappa shape index (κ2) is 18.6. The molecule has 0 aliphatic rings. The summed E-state index contributed by atoms with van der Waals surface area (Å²) in [6, 6.07) is 0. The van der Waals surface area contributed by atoms with E-state index in [9.17, 15) is 19.2 Å². The van der Waals surface area contributed by atoms with Crippen molar-refractivity contribution in [3.8, 4) is 0 Å². The molecule has 0 saturated carbocycles. The number of hydrogen-bond acceptors (Lipinski definition) is 9. The summed E-state index contributed by atoms with van der Waals surface area (Å²) in [6.45, 7) is 7.26. The maximum Gasteiger partial charge on any atom is 0.309 e. The predicted molar refractivity (Wildman–Crippen MR) is 113 cm³/mol. The van der Waals surface area contributed by atoms with Gasteiger partial charge in [0.15, 0.2) is 0 Å². The Morgan fingerprint density at radius 2 is 1.32 bits per heavy atom. The highest BCUT2D eigenvalue weighted by molar-refractivity contribution is 5.76.